The van der Waals surface area contributed by atoms with E-state index in [1.165, 1.54) is 12.8 Å². The molecule has 1 saturated carbocycles. The van der Waals surface area contributed by atoms with Gasteiger partial charge in [0.1, 0.15) is 17.0 Å². The lowest BCUT2D eigenvalue weighted by Gasteiger charge is -2.44. The maximum absolute atomic E-state index is 13.6. The predicted octanol–water partition coefficient (Wildman–Crippen LogP) is 3.35. The molecule has 1 fully saturated rings. The zero-order chi connectivity index (χ0) is 22.0. The molecule has 0 radical (unpaired) electrons. The van der Waals surface area contributed by atoms with Gasteiger partial charge in [-0.1, -0.05) is 25.7 Å². The lowest BCUT2D eigenvalue weighted by Crippen LogP contribution is -2.65. The highest BCUT2D eigenvalue weighted by atomic mass is 16.5. The Balaban J connectivity index is 1.71. The fourth-order valence-corrected chi connectivity index (χ4v) is 4.95. The number of aromatic nitrogens is 1. The summed E-state index contributed by atoms with van der Waals surface area (Å²) in [5, 5.41) is 4.24. The molecule has 1 aromatic heterocycles. The third kappa shape index (κ3) is 4.03. The van der Waals surface area contributed by atoms with E-state index < -0.39 is 5.54 Å². The summed E-state index contributed by atoms with van der Waals surface area (Å²) >= 11 is 0. The minimum atomic E-state index is -0.996. The van der Waals surface area contributed by atoms with Crippen molar-refractivity contribution < 1.29 is 19.1 Å². The van der Waals surface area contributed by atoms with Gasteiger partial charge in [-0.05, 0) is 38.0 Å². The van der Waals surface area contributed by atoms with Crippen LogP contribution in [0, 0.1) is 0 Å². The van der Waals surface area contributed by atoms with Crippen molar-refractivity contribution in [2.24, 2.45) is 0 Å². The van der Waals surface area contributed by atoms with Crippen LogP contribution in [0.4, 0.5) is 0 Å². The second-order valence-corrected chi connectivity index (χ2v) is 8.93. The summed E-state index contributed by atoms with van der Waals surface area (Å²) in [6, 6.07) is 7.85. The summed E-state index contributed by atoms with van der Waals surface area (Å²) in [5.41, 5.74) is 0.505. The molecule has 7 heteroatoms. The molecule has 1 atom stereocenters. The van der Waals surface area contributed by atoms with Crippen molar-refractivity contribution >= 4 is 22.7 Å². The van der Waals surface area contributed by atoms with Gasteiger partial charge in [0.05, 0.1) is 25.8 Å². The van der Waals surface area contributed by atoms with Gasteiger partial charge in [-0.15, -0.1) is 0 Å². The van der Waals surface area contributed by atoms with Gasteiger partial charge < -0.3 is 24.3 Å². The van der Waals surface area contributed by atoms with E-state index in [-0.39, 0.29) is 17.9 Å². The van der Waals surface area contributed by atoms with Gasteiger partial charge in [0.15, 0.2) is 0 Å². The molecule has 1 aromatic carbocycles. The molecule has 31 heavy (non-hydrogen) atoms. The lowest BCUT2D eigenvalue weighted by atomic mass is 9.93. The van der Waals surface area contributed by atoms with Gasteiger partial charge in [-0.25, -0.2) is 0 Å². The fourth-order valence-electron chi connectivity index (χ4n) is 4.95. The minimum Gasteiger partial charge on any atom is -0.497 e. The first kappa shape index (κ1) is 21.7. The second kappa shape index (κ2) is 8.91. The molecule has 4 rings (SSSR count). The Labute approximate surface area is 183 Å². The van der Waals surface area contributed by atoms with Crippen molar-refractivity contribution in [2.45, 2.75) is 63.6 Å². The predicted molar refractivity (Wildman–Crippen MR) is 119 cm³/mol. The Kier molecular flexibility index (Phi) is 6.23. The number of amides is 2. The van der Waals surface area contributed by atoms with Gasteiger partial charge in [-0.3, -0.25) is 9.59 Å². The van der Waals surface area contributed by atoms with Gasteiger partial charge in [-0.2, -0.15) is 0 Å². The molecule has 0 spiro atoms. The Hall–Kier alpha value is -2.54. The summed E-state index contributed by atoms with van der Waals surface area (Å²) < 4.78 is 12.6. The van der Waals surface area contributed by atoms with Gasteiger partial charge in [0.2, 0.25) is 5.91 Å². The quantitative estimate of drug-likeness (QED) is 0.718. The van der Waals surface area contributed by atoms with Crippen LogP contribution in [0.25, 0.3) is 10.9 Å². The third-order valence-corrected chi connectivity index (χ3v) is 6.84. The van der Waals surface area contributed by atoms with E-state index in [9.17, 15) is 9.59 Å². The number of rotatable bonds is 6. The number of carbonyl (C=O) groups excluding carboxylic acids is 2. The number of fused-ring (bicyclic) bond motifs is 3. The summed E-state index contributed by atoms with van der Waals surface area (Å²) in [7, 11) is 3.24. The topological polar surface area (TPSA) is 72.8 Å². The number of nitrogens with zero attached hydrogens (tertiary/aromatic N) is 2. The summed E-state index contributed by atoms with van der Waals surface area (Å²) in [6.07, 6.45) is 6.73. The maximum atomic E-state index is 13.6. The fraction of sp³-hybridized carbons (Fsp3) is 0.583. The molecule has 2 aromatic rings. The maximum Gasteiger partial charge on any atom is 0.271 e. The van der Waals surface area contributed by atoms with Crippen LogP contribution in [0.2, 0.25) is 0 Å². The molecule has 0 bridgehead atoms. The van der Waals surface area contributed by atoms with Crippen molar-refractivity contribution in [3.05, 3.63) is 30.0 Å². The van der Waals surface area contributed by atoms with Crippen LogP contribution in [0.1, 0.15) is 55.9 Å². The highest BCUT2D eigenvalue weighted by Crippen LogP contribution is 2.34. The Morgan fingerprint density at radius 2 is 1.90 bits per heavy atom. The van der Waals surface area contributed by atoms with Crippen LogP contribution in [-0.4, -0.2) is 60.2 Å². The van der Waals surface area contributed by atoms with Gasteiger partial charge in [0, 0.05) is 31.1 Å². The molecule has 2 amide bonds. The monoisotopic (exact) mass is 427 g/mol. The Morgan fingerprint density at radius 3 is 2.58 bits per heavy atom. The Morgan fingerprint density at radius 1 is 1.16 bits per heavy atom. The van der Waals surface area contributed by atoms with Gasteiger partial charge >= 0.3 is 0 Å². The molecule has 1 aliphatic heterocycles. The molecule has 2 aliphatic rings. The largest absolute Gasteiger partial charge is 0.497 e. The summed E-state index contributed by atoms with van der Waals surface area (Å²) in [4.78, 5) is 28.9. The normalized spacial score (nSPS) is 22.3. The van der Waals surface area contributed by atoms with Crippen molar-refractivity contribution in [3.8, 4) is 5.75 Å². The zero-order valence-electron chi connectivity index (χ0n) is 18.8. The third-order valence-electron chi connectivity index (χ3n) is 6.84. The first-order valence-electron chi connectivity index (χ1n) is 11.3. The minimum absolute atomic E-state index is 0.0840. The first-order chi connectivity index (χ1) is 15.0. The number of methoxy groups -OCH3 is 2. The molecule has 1 N–H and O–H groups in total. The zero-order valence-corrected chi connectivity index (χ0v) is 18.8. The van der Waals surface area contributed by atoms with Crippen LogP contribution < -0.4 is 10.1 Å². The van der Waals surface area contributed by atoms with Crippen LogP contribution >= 0.6 is 0 Å². The number of hydrogen-bond donors (Lipinski definition) is 1. The van der Waals surface area contributed by atoms with Crippen molar-refractivity contribution in [1.29, 1.82) is 0 Å². The summed E-state index contributed by atoms with van der Waals surface area (Å²) in [6.45, 7) is 3.02. The van der Waals surface area contributed by atoms with E-state index in [1.54, 1.807) is 19.1 Å². The first-order valence-corrected chi connectivity index (χ1v) is 11.3. The lowest BCUT2D eigenvalue weighted by molar-refractivity contribution is -0.134. The van der Waals surface area contributed by atoms with E-state index in [0.29, 0.717) is 25.4 Å². The SMILES string of the molecule is COCCN1C(=O)c2cc3ccc(OC)cc3n2C[C@@]1(C)C(=O)NC1CCCCCC1. The Bertz CT molecular complexity index is 961. The van der Waals surface area contributed by atoms with Crippen LogP contribution in [0.5, 0.6) is 5.75 Å². The molecule has 168 valence electrons. The van der Waals surface area contributed by atoms with Crippen LogP contribution in [0.3, 0.4) is 0 Å². The van der Waals surface area contributed by atoms with E-state index >= 15 is 0 Å². The number of ether oxygens (including phenoxy) is 2. The average molecular weight is 428 g/mol. The highest BCUT2D eigenvalue weighted by Gasteiger charge is 2.47. The smallest absolute Gasteiger partial charge is 0.271 e. The number of nitrogens with one attached hydrogen (secondary N) is 1. The van der Waals surface area contributed by atoms with Crippen molar-refractivity contribution in [3.63, 3.8) is 0 Å². The van der Waals surface area contributed by atoms with E-state index in [4.69, 9.17) is 9.47 Å². The second-order valence-electron chi connectivity index (χ2n) is 8.93. The standard InChI is InChI=1S/C24H33N3O4/c1-24(23(29)25-18-8-6-4-5-7-9-18)16-26-20-15-19(31-3)11-10-17(20)14-21(26)22(28)27(24)12-13-30-2/h10-11,14-15,18H,4-9,12-13,16H2,1-3H3,(H,25,29)/t24-/m0/s1. The summed E-state index contributed by atoms with van der Waals surface area (Å²) in [5.74, 6) is 0.503. The van der Waals surface area contributed by atoms with E-state index in [0.717, 1.165) is 42.3 Å². The average Bonchev–Trinajstić information content (AvgIpc) is 2.93. The number of benzene rings is 1. The molecule has 0 unspecified atom stereocenters. The number of hydrogen-bond acceptors (Lipinski definition) is 4. The highest BCUT2D eigenvalue weighted by molar-refractivity contribution is 6.03. The van der Waals surface area contributed by atoms with E-state index in [1.807, 2.05) is 35.8 Å². The molecule has 1 aliphatic carbocycles. The molecular weight excluding hydrogens is 394 g/mol. The molecular formula is C24H33N3O4. The molecule has 2 heterocycles. The van der Waals surface area contributed by atoms with Crippen molar-refractivity contribution in [1.82, 2.24) is 14.8 Å². The van der Waals surface area contributed by atoms with Crippen LogP contribution in [0.15, 0.2) is 24.3 Å². The molecule has 7 nitrogen and oxygen atoms in total. The van der Waals surface area contributed by atoms with Gasteiger partial charge in [0.25, 0.3) is 5.91 Å². The number of carbonyl (C=O) groups is 2. The van der Waals surface area contributed by atoms with E-state index in [2.05, 4.69) is 5.32 Å². The molecule has 0 saturated heterocycles. The van der Waals surface area contributed by atoms with Crippen molar-refractivity contribution in [2.75, 3.05) is 27.4 Å². The van der Waals surface area contributed by atoms with Crippen LogP contribution in [-0.2, 0) is 16.1 Å².